The smallest absolute Gasteiger partial charge is 0.0830 e. The Morgan fingerprint density at radius 1 is 1.41 bits per heavy atom. The van der Waals surface area contributed by atoms with Crippen LogP contribution in [0.1, 0.15) is 18.4 Å². The second-order valence-electron chi connectivity index (χ2n) is 5.53. The molecule has 0 bridgehead atoms. The Balaban J connectivity index is 1.45. The average Bonchev–Trinajstić information content (AvgIpc) is 3.03. The molecule has 1 atom stereocenters. The van der Waals surface area contributed by atoms with Gasteiger partial charge in [0.1, 0.15) is 0 Å². The highest BCUT2D eigenvalue weighted by Gasteiger charge is 2.15. The van der Waals surface area contributed by atoms with E-state index in [0.29, 0.717) is 6.10 Å². The Hall–Kier alpha value is -1.20. The average molecular weight is 321 g/mol. The number of rotatable bonds is 7. The summed E-state index contributed by atoms with van der Waals surface area (Å²) in [6, 6.07) is 7.90. The second kappa shape index (κ2) is 7.88. The molecule has 2 heterocycles. The number of hydrogen-bond donors (Lipinski definition) is 1. The molecule has 1 aliphatic rings. The van der Waals surface area contributed by atoms with Crippen LogP contribution >= 0.6 is 11.6 Å². The number of fused-ring (bicyclic) bond motifs is 1. The molecule has 1 saturated heterocycles. The molecule has 0 saturated carbocycles. The summed E-state index contributed by atoms with van der Waals surface area (Å²) in [7, 11) is 0. The molecule has 2 aromatic rings. The van der Waals surface area contributed by atoms with Crippen molar-refractivity contribution in [2.75, 3.05) is 26.4 Å². The van der Waals surface area contributed by atoms with E-state index in [9.17, 15) is 0 Å². The van der Waals surface area contributed by atoms with Crippen molar-refractivity contribution in [2.24, 2.45) is 0 Å². The van der Waals surface area contributed by atoms with E-state index >= 15 is 0 Å². The first-order chi connectivity index (χ1) is 10.8. The third-order valence-corrected chi connectivity index (χ3v) is 4.02. The van der Waals surface area contributed by atoms with Crippen LogP contribution < -0.4 is 5.32 Å². The maximum Gasteiger partial charge on any atom is 0.0830 e. The number of pyridine rings is 1. The maximum absolute atomic E-state index is 6.17. The van der Waals surface area contributed by atoms with Gasteiger partial charge in [-0.05, 0) is 43.1 Å². The predicted octanol–water partition coefficient (Wildman–Crippen LogP) is 3.17. The molecule has 0 amide bonds. The van der Waals surface area contributed by atoms with Crippen LogP contribution in [0.3, 0.4) is 0 Å². The summed E-state index contributed by atoms with van der Waals surface area (Å²) < 4.78 is 11.0. The predicted molar refractivity (Wildman–Crippen MR) is 88.3 cm³/mol. The van der Waals surface area contributed by atoms with Gasteiger partial charge < -0.3 is 14.8 Å². The third kappa shape index (κ3) is 4.17. The van der Waals surface area contributed by atoms with Crippen LogP contribution in [0.25, 0.3) is 10.9 Å². The van der Waals surface area contributed by atoms with Gasteiger partial charge >= 0.3 is 0 Å². The fourth-order valence-corrected chi connectivity index (χ4v) is 2.93. The summed E-state index contributed by atoms with van der Waals surface area (Å²) in [5.74, 6) is 0. The molecule has 3 rings (SSSR count). The van der Waals surface area contributed by atoms with Gasteiger partial charge in [0.05, 0.1) is 18.2 Å². The van der Waals surface area contributed by atoms with Gasteiger partial charge in [0.2, 0.25) is 0 Å². The molecule has 118 valence electrons. The van der Waals surface area contributed by atoms with Gasteiger partial charge in [-0.15, -0.1) is 0 Å². The zero-order valence-corrected chi connectivity index (χ0v) is 13.3. The molecule has 1 aromatic heterocycles. The number of nitrogens with one attached hydrogen (secondary N) is 1. The van der Waals surface area contributed by atoms with Gasteiger partial charge in [0, 0.05) is 36.4 Å². The largest absolute Gasteiger partial charge is 0.379 e. The van der Waals surface area contributed by atoms with Crippen LogP contribution in [0, 0.1) is 0 Å². The Bertz CT molecular complexity index is 615. The van der Waals surface area contributed by atoms with Gasteiger partial charge in [0.25, 0.3) is 0 Å². The number of halogens is 1. The fraction of sp³-hybridized carbons (Fsp3) is 0.471. The number of nitrogens with zero attached hydrogens (tertiary/aromatic N) is 1. The Morgan fingerprint density at radius 2 is 2.36 bits per heavy atom. The van der Waals surface area contributed by atoms with Crippen molar-refractivity contribution >= 4 is 22.5 Å². The van der Waals surface area contributed by atoms with Gasteiger partial charge in [-0.3, -0.25) is 4.98 Å². The van der Waals surface area contributed by atoms with Crippen molar-refractivity contribution in [3.63, 3.8) is 0 Å². The lowest BCUT2D eigenvalue weighted by Gasteiger charge is -2.11. The first-order valence-electron chi connectivity index (χ1n) is 7.76. The van der Waals surface area contributed by atoms with Crippen LogP contribution in [-0.2, 0) is 16.0 Å². The molecular formula is C17H21ClN2O2. The topological polar surface area (TPSA) is 43.4 Å². The van der Waals surface area contributed by atoms with Gasteiger partial charge in [-0.25, -0.2) is 0 Å². The lowest BCUT2D eigenvalue weighted by Crippen LogP contribution is -2.19. The number of benzene rings is 1. The molecule has 4 nitrogen and oxygen atoms in total. The molecule has 1 N–H and O–H groups in total. The quantitative estimate of drug-likeness (QED) is 0.796. The SMILES string of the molecule is Clc1cc(CNCCCO[C@@H]2CCOC2)c2ncccc2c1. The van der Waals surface area contributed by atoms with Crippen LogP contribution in [0.4, 0.5) is 0 Å². The highest BCUT2D eigenvalue weighted by atomic mass is 35.5. The highest BCUT2D eigenvalue weighted by Crippen LogP contribution is 2.22. The van der Waals surface area contributed by atoms with Crippen molar-refractivity contribution in [1.29, 1.82) is 0 Å². The van der Waals surface area contributed by atoms with Crippen LogP contribution in [0.5, 0.6) is 0 Å². The summed E-state index contributed by atoms with van der Waals surface area (Å²) in [5.41, 5.74) is 2.15. The summed E-state index contributed by atoms with van der Waals surface area (Å²) in [4.78, 5) is 4.45. The van der Waals surface area contributed by atoms with Crippen LogP contribution in [0.15, 0.2) is 30.5 Å². The van der Waals surface area contributed by atoms with E-state index in [4.69, 9.17) is 21.1 Å². The zero-order valence-electron chi connectivity index (χ0n) is 12.6. The zero-order chi connectivity index (χ0) is 15.2. The van der Waals surface area contributed by atoms with E-state index in [1.54, 1.807) is 0 Å². The Kier molecular flexibility index (Phi) is 5.62. The summed E-state index contributed by atoms with van der Waals surface area (Å²) >= 11 is 6.17. The third-order valence-electron chi connectivity index (χ3n) is 3.80. The van der Waals surface area contributed by atoms with E-state index in [0.717, 1.165) is 67.2 Å². The molecule has 1 aromatic carbocycles. The van der Waals surface area contributed by atoms with Crippen LogP contribution in [-0.4, -0.2) is 37.5 Å². The fourth-order valence-electron chi connectivity index (χ4n) is 2.68. The second-order valence-corrected chi connectivity index (χ2v) is 5.96. The molecule has 5 heteroatoms. The molecule has 0 aliphatic carbocycles. The Labute approximate surface area is 135 Å². The molecule has 0 unspecified atom stereocenters. The molecule has 1 aliphatic heterocycles. The van der Waals surface area contributed by atoms with Crippen molar-refractivity contribution in [3.8, 4) is 0 Å². The lowest BCUT2D eigenvalue weighted by molar-refractivity contribution is 0.0416. The number of hydrogen-bond acceptors (Lipinski definition) is 4. The maximum atomic E-state index is 6.17. The summed E-state index contributed by atoms with van der Waals surface area (Å²) in [6.45, 7) is 4.02. The molecule has 22 heavy (non-hydrogen) atoms. The van der Waals surface area contributed by atoms with Crippen LogP contribution in [0.2, 0.25) is 5.02 Å². The minimum Gasteiger partial charge on any atom is -0.379 e. The molecule has 0 radical (unpaired) electrons. The van der Waals surface area contributed by atoms with E-state index in [-0.39, 0.29) is 0 Å². The highest BCUT2D eigenvalue weighted by molar-refractivity contribution is 6.31. The van der Waals surface area contributed by atoms with E-state index < -0.39 is 0 Å². The van der Waals surface area contributed by atoms with E-state index in [1.165, 1.54) is 0 Å². The minimum atomic E-state index is 0.293. The van der Waals surface area contributed by atoms with Crippen molar-refractivity contribution in [1.82, 2.24) is 10.3 Å². The first-order valence-corrected chi connectivity index (χ1v) is 8.14. The number of ether oxygens (including phenoxy) is 2. The first kappa shape index (κ1) is 15.7. The standard InChI is InChI=1S/C17H21ClN2O2/c18-15-9-13-3-1-6-20-17(13)14(10-15)11-19-5-2-7-22-16-4-8-21-12-16/h1,3,6,9-10,16,19H,2,4-5,7-8,11-12H2/t16-/m1/s1. The van der Waals surface area contributed by atoms with Gasteiger partial charge in [-0.1, -0.05) is 17.7 Å². The normalized spacial score (nSPS) is 18.1. The monoisotopic (exact) mass is 320 g/mol. The van der Waals surface area contributed by atoms with Crippen molar-refractivity contribution in [2.45, 2.75) is 25.5 Å². The number of aromatic nitrogens is 1. The van der Waals surface area contributed by atoms with E-state index in [1.807, 2.05) is 30.5 Å². The van der Waals surface area contributed by atoms with Gasteiger partial charge in [-0.2, -0.15) is 0 Å². The van der Waals surface area contributed by atoms with Crippen molar-refractivity contribution in [3.05, 3.63) is 41.0 Å². The molecule has 1 fully saturated rings. The van der Waals surface area contributed by atoms with Gasteiger partial charge in [0.15, 0.2) is 0 Å². The lowest BCUT2D eigenvalue weighted by atomic mass is 10.1. The Morgan fingerprint density at radius 3 is 3.23 bits per heavy atom. The van der Waals surface area contributed by atoms with E-state index in [2.05, 4.69) is 10.3 Å². The molecular weight excluding hydrogens is 300 g/mol. The van der Waals surface area contributed by atoms with Crippen molar-refractivity contribution < 1.29 is 9.47 Å². The summed E-state index contributed by atoms with van der Waals surface area (Å²) in [5, 5.41) is 5.27. The summed E-state index contributed by atoms with van der Waals surface area (Å²) in [6.07, 6.45) is 4.12. The molecule has 0 spiro atoms. The minimum absolute atomic E-state index is 0.293.